The monoisotopic (exact) mass is 444 g/mol. The van der Waals surface area contributed by atoms with Crippen molar-refractivity contribution in [1.29, 1.82) is 0 Å². The SMILES string of the molecule is CCOc1cccc2c1OC[C@@H]1CN(CCOC)C(=O)CCN(C(=O)c3cccs3)[C@H]21. The van der Waals surface area contributed by atoms with Gasteiger partial charge in [-0.1, -0.05) is 18.2 Å². The molecule has 1 saturated heterocycles. The molecule has 2 amide bonds. The van der Waals surface area contributed by atoms with Crippen LogP contribution in [0.4, 0.5) is 0 Å². The maximum Gasteiger partial charge on any atom is 0.264 e. The smallest absolute Gasteiger partial charge is 0.264 e. The number of thiophene rings is 1. The number of para-hydroxylation sites is 1. The second-order valence-electron chi connectivity index (χ2n) is 7.68. The van der Waals surface area contributed by atoms with Crippen molar-refractivity contribution in [3.63, 3.8) is 0 Å². The third-order valence-electron chi connectivity index (χ3n) is 5.78. The van der Waals surface area contributed by atoms with Crippen molar-refractivity contribution in [2.24, 2.45) is 5.92 Å². The van der Waals surface area contributed by atoms with Crippen molar-refractivity contribution in [3.05, 3.63) is 46.2 Å². The highest BCUT2D eigenvalue weighted by Gasteiger charge is 2.42. The molecule has 0 bridgehead atoms. The lowest BCUT2D eigenvalue weighted by Gasteiger charge is -2.44. The standard InChI is InChI=1S/C23H28N2O5S/c1-3-29-18-7-4-6-17-21-16(15-30-22(17)18)14-24(11-12-28-2)20(26)9-10-25(21)23(27)19-8-5-13-31-19/h4-8,13,16,21H,3,9-12,14-15H2,1-2H3/t16-,21-/m0/s1. The molecule has 0 unspecified atom stereocenters. The summed E-state index contributed by atoms with van der Waals surface area (Å²) in [7, 11) is 1.63. The van der Waals surface area contributed by atoms with E-state index in [-0.39, 0.29) is 30.2 Å². The zero-order valence-corrected chi connectivity index (χ0v) is 18.7. The molecular weight excluding hydrogens is 416 g/mol. The van der Waals surface area contributed by atoms with Crippen molar-refractivity contribution in [1.82, 2.24) is 9.80 Å². The Labute approximate surface area is 186 Å². The van der Waals surface area contributed by atoms with E-state index in [1.807, 2.05) is 52.4 Å². The van der Waals surface area contributed by atoms with E-state index in [4.69, 9.17) is 14.2 Å². The average Bonchev–Trinajstić information content (AvgIpc) is 3.31. The maximum absolute atomic E-state index is 13.5. The number of ether oxygens (including phenoxy) is 3. The summed E-state index contributed by atoms with van der Waals surface area (Å²) in [5.74, 6) is 1.34. The molecule has 31 heavy (non-hydrogen) atoms. The van der Waals surface area contributed by atoms with Crippen LogP contribution in [0.5, 0.6) is 11.5 Å². The minimum absolute atomic E-state index is 0.0355. The van der Waals surface area contributed by atoms with Crippen LogP contribution >= 0.6 is 11.3 Å². The van der Waals surface area contributed by atoms with Crippen LogP contribution in [0.3, 0.4) is 0 Å². The quantitative estimate of drug-likeness (QED) is 0.684. The predicted molar refractivity (Wildman–Crippen MR) is 118 cm³/mol. The van der Waals surface area contributed by atoms with Crippen molar-refractivity contribution < 1.29 is 23.8 Å². The first-order chi connectivity index (χ1) is 15.1. The van der Waals surface area contributed by atoms with E-state index in [1.54, 1.807) is 7.11 Å². The van der Waals surface area contributed by atoms with Crippen LogP contribution in [0, 0.1) is 5.92 Å². The molecule has 1 aromatic carbocycles. The minimum Gasteiger partial charge on any atom is -0.490 e. The van der Waals surface area contributed by atoms with Crippen LogP contribution in [0.1, 0.15) is 34.6 Å². The van der Waals surface area contributed by atoms with Crippen LogP contribution in [-0.4, -0.2) is 68.2 Å². The molecule has 3 heterocycles. The summed E-state index contributed by atoms with van der Waals surface area (Å²) in [6.07, 6.45) is 0.283. The molecule has 1 aromatic heterocycles. The van der Waals surface area contributed by atoms with Crippen molar-refractivity contribution in [2.75, 3.05) is 46.6 Å². The number of rotatable bonds is 6. The Kier molecular flexibility index (Phi) is 6.77. The summed E-state index contributed by atoms with van der Waals surface area (Å²) in [5, 5.41) is 1.90. The Balaban J connectivity index is 1.74. The highest BCUT2D eigenvalue weighted by molar-refractivity contribution is 7.12. The Hall–Kier alpha value is -2.58. The molecule has 8 heteroatoms. The Morgan fingerprint density at radius 2 is 2.16 bits per heavy atom. The van der Waals surface area contributed by atoms with Gasteiger partial charge >= 0.3 is 0 Å². The van der Waals surface area contributed by atoms with Gasteiger partial charge in [0, 0.05) is 44.6 Å². The molecule has 0 spiro atoms. The first kappa shape index (κ1) is 21.6. The molecule has 0 N–H and O–H groups in total. The third-order valence-corrected chi connectivity index (χ3v) is 6.64. The number of amides is 2. The number of hydrogen-bond donors (Lipinski definition) is 0. The molecule has 2 atom stereocenters. The molecular formula is C23H28N2O5S. The first-order valence-electron chi connectivity index (χ1n) is 10.6. The van der Waals surface area contributed by atoms with Gasteiger partial charge in [0.1, 0.15) is 0 Å². The molecule has 2 aliphatic rings. The molecule has 1 fully saturated rings. The van der Waals surface area contributed by atoms with Gasteiger partial charge < -0.3 is 24.0 Å². The molecule has 2 aliphatic heterocycles. The van der Waals surface area contributed by atoms with Gasteiger partial charge in [0.2, 0.25) is 5.91 Å². The number of hydrogen-bond acceptors (Lipinski definition) is 6. The van der Waals surface area contributed by atoms with Gasteiger partial charge in [-0.2, -0.15) is 0 Å². The summed E-state index contributed by atoms with van der Waals surface area (Å²) in [5.41, 5.74) is 0.938. The second-order valence-corrected chi connectivity index (χ2v) is 8.63. The van der Waals surface area contributed by atoms with Crippen LogP contribution in [0.15, 0.2) is 35.7 Å². The van der Waals surface area contributed by atoms with E-state index < -0.39 is 0 Å². The van der Waals surface area contributed by atoms with E-state index in [2.05, 4.69) is 0 Å². The lowest BCUT2D eigenvalue weighted by Crippen LogP contribution is -2.51. The fourth-order valence-electron chi connectivity index (χ4n) is 4.39. The normalized spacial score (nSPS) is 20.9. The van der Waals surface area contributed by atoms with E-state index in [1.165, 1.54) is 11.3 Å². The zero-order valence-electron chi connectivity index (χ0n) is 17.9. The summed E-state index contributed by atoms with van der Waals surface area (Å²) >= 11 is 1.42. The highest BCUT2D eigenvalue weighted by atomic mass is 32.1. The largest absolute Gasteiger partial charge is 0.490 e. The first-order valence-corrected chi connectivity index (χ1v) is 11.5. The minimum atomic E-state index is -0.197. The van der Waals surface area contributed by atoms with Gasteiger partial charge in [-0.15, -0.1) is 11.3 Å². The number of benzene rings is 1. The van der Waals surface area contributed by atoms with Crippen LogP contribution in [-0.2, 0) is 9.53 Å². The number of carbonyl (C=O) groups excluding carboxylic acids is 2. The van der Waals surface area contributed by atoms with Crippen molar-refractivity contribution in [2.45, 2.75) is 19.4 Å². The van der Waals surface area contributed by atoms with Gasteiger partial charge in [0.15, 0.2) is 11.5 Å². The Morgan fingerprint density at radius 3 is 2.90 bits per heavy atom. The van der Waals surface area contributed by atoms with Gasteiger partial charge in [-0.25, -0.2) is 0 Å². The lowest BCUT2D eigenvalue weighted by molar-refractivity contribution is -0.135. The predicted octanol–water partition coefficient (Wildman–Crippen LogP) is 3.22. The third kappa shape index (κ3) is 4.41. The average molecular weight is 445 g/mol. The van der Waals surface area contributed by atoms with Gasteiger partial charge in [-0.05, 0) is 24.4 Å². The summed E-state index contributed by atoms with van der Waals surface area (Å²) in [4.78, 5) is 30.7. The van der Waals surface area contributed by atoms with Crippen LogP contribution in [0.25, 0.3) is 0 Å². The van der Waals surface area contributed by atoms with Gasteiger partial charge in [0.25, 0.3) is 5.91 Å². The van der Waals surface area contributed by atoms with Crippen molar-refractivity contribution in [3.8, 4) is 11.5 Å². The maximum atomic E-state index is 13.5. The van der Waals surface area contributed by atoms with Crippen LogP contribution < -0.4 is 9.47 Å². The summed E-state index contributed by atoms with van der Waals surface area (Å²) in [6, 6.07) is 9.36. The Bertz CT molecular complexity index is 917. The second kappa shape index (κ2) is 9.70. The van der Waals surface area contributed by atoms with Crippen molar-refractivity contribution >= 4 is 23.2 Å². The fraction of sp³-hybridized carbons (Fsp3) is 0.478. The number of fused-ring (bicyclic) bond motifs is 3. The molecule has 2 aromatic rings. The molecule has 4 rings (SSSR count). The van der Waals surface area contributed by atoms with E-state index >= 15 is 0 Å². The molecule has 0 aliphatic carbocycles. The number of carbonyl (C=O) groups is 2. The zero-order chi connectivity index (χ0) is 21.8. The molecule has 7 nitrogen and oxygen atoms in total. The molecule has 0 saturated carbocycles. The van der Waals surface area contributed by atoms with E-state index in [9.17, 15) is 9.59 Å². The highest BCUT2D eigenvalue weighted by Crippen LogP contribution is 2.45. The van der Waals surface area contributed by atoms with Crippen LogP contribution in [0.2, 0.25) is 0 Å². The summed E-state index contributed by atoms with van der Waals surface area (Å²) < 4.78 is 17.1. The molecule has 0 radical (unpaired) electrons. The Morgan fingerprint density at radius 1 is 1.29 bits per heavy atom. The van der Waals surface area contributed by atoms with E-state index in [0.717, 1.165) is 5.56 Å². The summed E-state index contributed by atoms with van der Waals surface area (Å²) in [6.45, 7) is 4.76. The lowest BCUT2D eigenvalue weighted by atomic mass is 9.87. The van der Waals surface area contributed by atoms with Gasteiger partial charge in [-0.3, -0.25) is 9.59 Å². The molecule has 166 valence electrons. The van der Waals surface area contributed by atoms with E-state index in [0.29, 0.717) is 55.8 Å². The number of nitrogens with zero attached hydrogens (tertiary/aromatic N) is 2. The number of methoxy groups -OCH3 is 1. The fourth-order valence-corrected chi connectivity index (χ4v) is 5.06. The topological polar surface area (TPSA) is 68.3 Å². The van der Waals surface area contributed by atoms with Gasteiger partial charge in [0.05, 0.1) is 30.7 Å².